The van der Waals surface area contributed by atoms with Gasteiger partial charge in [0.2, 0.25) is 0 Å². The zero-order valence-electron chi connectivity index (χ0n) is 15.9. The van der Waals surface area contributed by atoms with Crippen LogP contribution in [0, 0.1) is 0 Å². The summed E-state index contributed by atoms with van der Waals surface area (Å²) >= 11 is 0. The molecule has 8 nitrogen and oxygen atoms in total. The topological polar surface area (TPSA) is 98.7 Å². The molecule has 0 aliphatic carbocycles. The number of methoxy groups -OCH3 is 1. The van der Waals surface area contributed by atoms with Crippen molar-refractivity contribution in [2.45, 2.75) is 13.3 Å². The quantitative estimate of drug-likeness (QED) is 0.523. The van der Waals surface area contributed by atoms with Crippen molar-refractivity contribution in [1.82, 2.24) is 14.6 Å². The van der Waals surface area contributed by atoms with Crippen LogP contribution in [0.2, 0.25) is 0 Å². The number of esters is 1. The van der Waals surface area contributed by atoms with E-state index in [2.05, 4.69) is 15.4 Å². The molecule has 3 heterocycles. The third kappa shape index (κ3) is 3.60. The van der Waals surface area contributed by atoms with Crippen LogP contribution in [0.4, 0.5) is 5.69 Å². The molecule has 0 atom stereocenters. The van der Waals surface area contributed by atoms with E-state index in [0.29, 0.717) is 34.8 Å². The van der Waals surface area contributed by atoms with Gasteiger partial charge in [-0.15, -0.1) is 0 Å². The van der Waals surface area contributed by atoms with Gasteiger partial charge >= 0.3 is 5.97 Å². The molecule has 29 heavy (non-hydrogen) atoms. The first kappa shape index (κ1) is 18.4. The van der Waals surface area contributed by atoms with Gasteiger partial charge < -0.3 is 14.5 Å². The molecule has 0 spiro atoms. The molecule has 0 unspecified atom stereocenters. The highest BCUT2D eigenvalue weighted by molar-refractivity contribution is 6.04. The minimum Gasteiger partial charge on any atom is -0.465 e. The maximum atomic E-state index is 12.8. The molecular weight excluding hydrogens is 372 g/mol. The smallest absolute Gasteiger partial charge is 0.337 e. The molecule has 0 fully saturated rings. The van der Waals surface area contributed by atoms with Crippen LogP contribution in [0.3, 0.4) is 0 Å². The number of nitrogens with zero attached hydrogens (tertiary/aromatic N) is 3. The number of nitrogens with one attached hydrogen (secondary N) is 1. The number of ether oxygens (including phenoxy) is 1. The number of benzene rings is 1. The number of aromatic nitrogens is 3. The molecule has 0 saturated heterocycles. The Morgan fingerprint density at radius 3 is 2.76 bits per heavy atom. The SMILES string of the molecule is CCc1cc(C(=O)Nc2cccc(C(=O)OC)c2)nc2cc(-c3ccco3)nn12. The molecule has 1 amide bonds. The lowest BCUT2D eigenvalue weighted by Crippen LogP contribution is -2.16. The van der Waals surface area contributed by atoms with Crippen LogP contribution in [0.5, 0.6) is 0 Å². The van der Waals surface area contributed by atoms with Crippen molar-refractivity contribution in [3.05, 3.63) is 71.7 Å². The van der Waals surface area contributed by atoms with Gasteiger partial charge in [-0.05, 0) is 42.8 Å². The van der Waals surface area contributed by atoms with Crippen molar-refractivity contribution in [1.29, 1.82) is 0 Å². The van der Waals surface area contributed by atoms with E-state index in [-0.39, 0.29) is 11.6 Å². The highest BCUT2D eigenvalue weighted by Gasteiger charge is 2.16. The van der Waals surface area contributed by atoms with Gasteiger partial charge in [-0.3, -0.25) is 4.79 Å². The number of carbonyl (C=O) groups excluding carboxylic acids is 2. The minimum absolute atomic E-state index is 0.253. The molecule has 1 N–H and O–H groups in total. The molecular formula is C21H18N4O4. The van der Waals surface area contributed by atoms with Gasteiger partial charge in [0.15, 0.2) is 11.4 Å². The molecule has 0 radical (unpaired) electrons. The summed E-state index contributed by atoms with van der Waals surface area (Å²) in [6.07, 6.45) is 2.24. The molecule has 146 valence electrons. The number of hydrogen-bond acceptors (Lipinski definition) is 6. The molecule has 4 aromatic rings. The molecule has 0 aliphatic heterocycles. The van der Waals surface area contributed by atoms with Crippen molar-refractivity contribution >= 4 is 23.2 Å². The second-order valence-corrected chi connectivity index (χ2v) is 6.29. The zero-order valence-corrected chi connectivity index (χ0v) is 15.9. The third-order valence-electron chi connectivity index (χ3n) is 4.41. The maximum absolute atomic E-state index is 12.8. The van der Waals surface area contributed by atoms with E-state index in [4.69, 9.17) is 9.15 Å². The van der Waals surface area contributed by atoms with E-state index < -0.39 is 5.97 Å². The largest absolute Gasteiger partial charge is 0.465 e. The molecule has 0 aliphatic rings. The van der Waals surface area contributed by atoms with E-state index in [1.165, 1.54) is 7.11 Å². The van der Waals surface area contributed by atoms with Crippen LogP contribution in [0.15, 0.2) is 59.2 Å². The number of amides is 1. The Balaban J connectivity index is 1.66. The average molecular weight is 390 g/mol. The van der Waals surface area contributed by atoms with Crippen LogP contribution in [0.1, 0.15) is 33.5 Å². The second kappa shape index (κ2) is 7.59. The van der Waals surface area contributed by atoms with Gasteiger partial charge in [0.25, 0.3) is 5.91 Å². The normalized spacial score (nSPS) is 10.8. The van der Waals surface area contributed by atoms with E-state index in [0.717, 1.165) is 5.69 Å². The maximum Gasteiger partial charge on any atom is 0.337 e. The number of furan rings is 1. The Bertz CT molecular complexity index is 1190. The Hall–Kier alpha value is -3.94. The van der Waals surface area contributed by atoms with Gasteiger partial charge in [-0.1, -0.05) is 13.0 Å². The summed E-state index contributed by atoms with van der Waals surface area (Å²) in [7, 11) is 1.31. The number of fused-ring (bicyclic) bond motifs is 1. The number of aryl methyl sites for hydroxylation is 1. The molecule has 4 rings (SSSR count). The predicted octanol–water partition coefficient (Wildman–Crippen LogP) is 3.59. The van der Waals surface area contributed by atoms with E-state index in [1.807, 2.05) is 13.0 Å². The van der Waals surface area contributed by atoms with Crippen molar-refractivity contribution in [3.63, 3.8) is 0 Å². The van der Waals surface area contributed by atoms with Gasteiger partial charge in [0.05, 0.1) is 18.9 Å². The van der Waals surface area contributed by atoms with E-state index in [9.17, 15) is 9.59 Å². The summed E-state index contributed by atoms with van der Waals surface area (Å²) in [5.41, 5.74) is 3.10. The first-order valence-corrected chi connectivity index (χ1v) is 9.02. The lowest BCUT2D eigenvalue weighted by atomic mass is 10.2. The Morgan fingerprint density at radius 2 is 2.03 bits per heavy atom. The van der Waals surface area contributed by atoms with Crippen LogP contribution < -0.4 is 5.32 Å². The number of hydrogen-bond donors (Lipinski definition) is 1. The Kier molecular flexibility index (Phi) is 4.82. The number of rotatable bonds is 5. The molecule has 3 aromatic heterocycles. The fourth-order valence-corrected chi connectivity index (χ4v) is 2.99. The molecule has 8 heteroatoms. The summed E-state index contributed by atoms with van der Waals surface area (Å²) in [5, 5.41) is 7.30. The van der Waals surface area contributed by atoms with Gasteiger partial charge in [0, 0.05) is 17.4 Å². The van der Waals surface area contributed by atoms with Crippen molar-refractivity contribution in [3.8, 4) is 11.5 Å². The van der Waals surface area contributed by atoms with Gasteiger partial charge in [-0.2, -0.15) is 5.10 Å². The van der Waals surface area contributed by atoms with Crippen molar-refractivity contribution in [2.75, 3.05) is 12.4 Å². The highest BCUT2D eigenvalue weighted by atomic mass is 16.5. The molecule has 0 bridgehead atoms. The monoisotopic (exact) mass is 390 g/mol. The summed E-state index contributed by atoms with van der Waals surface area (Å²) in [6, 6.07) is 13.6. The number of carbonyl (C=O) groups is 2. The summed E-state index contributed by atoms with van der Waals surface area (Å²) < 4.78 is 11.8. The standard InChI is InChI=1S/C21H18N4O4/c1-3-15-11-17(20(26)22-14-7-4-6-13(10-14)21(27)28-2)23-19-12-16(24-25(15)19)18-8-5-9-29-18/h4-12H,3H2,1-2H3,(H,22,26). The Morgan fingerprint density at radius 1 is 1.17 bits per heavy atom. The first-order chi connectivity index (χ1) is 14.1. The average Bonchev–Trinajstić information content (AvgIpc) is 3.42. The Labute approximate surface area is 166 Å². The fraction of sp³-hybridized carbons (Fsp3) is 0.143. The fourth-order valence-electron chi connectivity index (χ4n) is 2.99. The van der Waals surface area contributed by atoms with E-state index in [1.54, 1.807) is 53.2 Å². The summed E-state index contributed by atoms with van der Waals surface area (Å²) in [4.78, 5) is 28.9. The van der Waals surface area contributed by atoms with E-state index >= 15 is 0 Å². The van der Waals surface area contributed by atoms with Crippen molar-refractivity contribution < 1.29 is 18.7 Å². The highest BCUT2D eigenvalue weighted by Crippen LogP contribution is 2.21. The first-order valence-electron chi connectivity index (χ1n) is 9.02. The minimum atomic E-state index is -0.473. The zero-order chi connectivity index (χ0) is 20.4. The second-order valence-electron chi connectivity index (χ2n) is 6.29. The summed E-state index contributed by atoms with van der Waals surface area (Å²) in [6.45, 7) is 1.98. The lowest BCUT2D eigenvalue weighted by Gasteiger charge is -2.08. The number of anilines is 1. The predicted molar refractivity (Wildman–Crippen MR) is 106 cm³/mol. The van der Waals surface area contributed by atoms with Crippen LogP contribution >= 0.6 is 0 Å². The van der Waals surface area contributed by atoms with Crippen LogP contribution in [-0.2, 0) is 11.2 Å². The van der Waals surface area contributed by atoms with Crippen LogP contribution in [0.25, 0.3) is 17.1 Å². The lowest BCUT2D eigenvalue weighted by molar-refractivity contribution is 0.0600. The van der Waals surface area contributed by atoms with Gasteiger partial charge in [-0.25, -0.2) is 14.3 Å². The van der Waals surface area contributed by atoms with Crippen LogP contribution in [-0.4, -0.2) is 33.6 Å². The van der Waals surface area contributed by atoms with Crippen molar-refractivity contribution in [2.24, 2.45) is 0 Å². The van der Waals surface area contributed by atoms with Gasteiger partial charge in [0.1, 0.15) is 11.4 Å². The third-order valence-corrected chi connectivity index (χ3v) is 4.41. The summed E-state index contributed by atoms with van der Waals surface area (Å²) in [5.74, 6) is -0.230. The molecule has 0 saturated carbocycles. The molecule has 1 aromatic carbocycles.